The highest BCUT2D eigenvalue weighted by Gasteiger charge is 2.15. The molecule has 2 aromatic carbocycles. The molecule has 0 saturated carbocycles. The molecule has 0 aliphatic carbocycles. The lowest BCUT2D eigenvalue weighted by atomic mass is 10.2. The summed E-state index contributed by atoms with van der Waals surface area (Å²) < 4.78 is 26.5. The number of sulfonamides is 1. The Bertz CT molecular complexity index is 745. The molecule has 6 nitrogen and oxygen atoms in total. The maximum Gasteiger partial charge on any atom is 0.271 e. The maximum absolute atomic E-state index is 12.1. The van der Waals surface area contributed by atoms with Gasteiger partial charge in [-0.15, -0.1) is 0 Å². The molecule has 1 N–H and O–H groups in total. The fourth-order valence-electron chi connectivity index (χ4n) is 1.61. The number of nitro benzene ring substituents is 1. The van der Waals surface area contributed by atoms with E-state index in [4.69, 9.17) is 0 Å². The van der Waals surface area contributed by atoms with Gasteiger partial charge in [-0.25, -0.2) is 8.42 Å². The molecule has 0 aliphatic rings. The van der Waals surface area contributed by atoms with Crippen molar-refractivity contribution in [2.24, 2.45) is 0 Å². The predicted octanol–water partition coefficient (Wildman–Crippen LogP) is -0.292. The maximum atomic E-state index is 12.1. The largest absolute Gasteiger partial charge is 1.00 e. The Balaban J connectivity index is 0.00000220. The normalized spacial score (nSPS) is 10.5. The molecule has 0 saturated heterocycles. The van der Waals surface area contributed by atoms with Gasteiger partial charge in [0, 0.05) is 12.1 Å². The number of non-ortho nitro benzene ring substituents is 1. The van der Waals surface area contributed by atoms with E-state index in [0.29, 0.717) is 0 Å². The van der Waals surface area contributed by atoms with Crippen LogP contribution < -0.4 is 9.43 Å². The van der Waals surface area contributed by atoms with E-state index in [1.807, 2.05) is 6.92 Å². The average Bonchev–Trinajstić information content (AvgIpc) is 2.39. The minimum absolute atomic E-state index is 0. The number of hydrogen-bond acceptors (Lipinski definition) is 4. The number of halogens is 1. The molecule has 0 aliphatic heterocycles. The third kappa shape index (κ3) is 3.99. The molecule has 0 radical (unpaired) electrons. The minimum Gasteiger partial charge on any atom is -1.00 e. The van der Waals surface area contributed by atoms with Gasteiger partial charge < -0.3 is 4.70 Å². The molecule has 8 heteroatoms. The Morgan fingerprint density at radius 1 is 1.10 bits per heavy atom. The van der Waals surface area contributed by atoms with Gasteiger partial charge in [0.15, 0.2) is 0 Å². The lowest BCUT2D eigenvalue weighted by Gasteiger charge is -2.08. The molecular formula is C13H12FN2O4S-. The van der Waals surface area contributed by atoms with E-state index in [0.717, 1.165) is 5.56 Å². The summed E-state index contributed by atoms with van der Waals surface area (Å²) in [5.74, 6) is 0. The first kappa shape index (κ1) is 16.6. The van der Waals surface area contributed by atoms with Crippen LogP contribution in [0.25, 0.3) is 0 Å². The van der Waals surface area contributed by atoms with Gasteiger partial charge in [-0.1, -0.05) is 23.8 Å². The summed E-state index contributed by atoms with van der Waals surface area (Å²) >= 11 is 0. The molecule has 0 bridgehead atoms. The molecule has 0 amide bonds. The van der Waals surface area contributed by atoms with Gasteiger partial charge in [0.1, 0.15) is 0 Å². The van der Waals surface area contributed by atoms with Crippen molar-refractivity contribution in [1.29, 1.82) is 0 Å². The first-order valence-electron chi connectivity index (χ1n) is 5.72. The molecule has 21 heavy (non-hydrogen) atoms. The fraction of sp³-hybridized carbons (Fsp3) is 0.0769. The smallest absolute Gasteiger partial charge is 0.271 e. The summed E-state index contributed by atoms with van der Waals surface area (Å²) in [5, 5.41) is 10.7. The van der Waals surface area contributed by atoms with Crippen LogP contribution in [-0.4, -0.2) is 13.3 Å². The van der Waals surface area contributed by atoms with E-state index in [1.165, 1.54) is 36.4 Å². The zero-order valence-electron chi connectivity index (χ0n) is 11.0. The zero-order valence-corrected chi connectivity index (χ0v) is 11.8. The third-order valence-electron chi connectivity index (χ3n) is 2.64. The lowest BCUT2D eigenvalue weighted by Crippen LogP contribution is -3.00. The molecule has 112 valence electrons. The highest BCUT2D eigenvalue weighted by molar-refractivity contribution is 7.92. The van der Waals surface area contributed by atoms with E-state index >= 15 is 0 Å². The number of nitrogens with zero attached hydrogens (tertiary/aromatic N) is 1. The summed E-state index contributed by atoms with van der Waals surface area (Å²) in [6, 6.07) is 11.7. The lowest BCUT2D eigenvalue weighted by molar-refractivity contribution is -0.384. The Hall–Kier alpha value is -2.48. The molecule has 0 atom stereocenters. The second-order valence-corrected chi connectivity index (χ2v) is 5.91. The quantitative estimate of drug-likeness (QED) is 0.620. The highest BCUT2D eigenvalue weighted by Crippen LogP contribution is 2.20. The van der Waals surface area contributed by atoms with Crippen LogP contribution in [0.5, 0.6) is 0 Å². The number of nitrogens with one attached hydrogen (secondary N) is 1. The van der Waals surface area contributed by atoms with Crippen molar-refractivity contribution in [2.45, 2.75) is 11.8 Å². The number of hydrogen-bond donors (Lipinski definition) is 1. The number of benzene rings is 2. The number of rotatable bonds is 4. The SMILES string of the molecule is Cc1ccc(S(=O)(=O)Nc2cccc([N+](=O)[O-])c2)cc1.[F-]. The van der Waals surface area contributed by atoms with Gasteiger partial charge in [0.05, 0.1) is 15.5 Å². The van der Waals surface area contributed by atoms with Crippen molar-refractivity contribution in [1.82, 2.24) is 0 Å². The van der Waals surface area contributed by atoms with Crippen LogP contribution in [0.4, 0.5) is 11.4 Å². The minimum atomic E-state index is -3.75. The fourth-order valence-corrected chi connectivity index (χ4v) is 2.66. The van der Waals surface area contributed by atoms with Gasteiger partial charge in [0.2, 0.25) is 0 Å². The van der Waals surface area contributed by atoms with Crippen molar-refractivity contribution < 1.29 is 18.0 Å². The van der Waals surface area contributed by atoms with Gasteiger partial charge >= 0.3 is 0 Å². The molecule has 2 rings (SSSR count). The van der Waals surface area contributed by atoms with Gasteiger partial charge in [-0.2, -0.15) is 0 Å². The second kappa shape index (κ2) is 6.31. The van der Waals surface area contributed by atoms with Crippen LogP contribution in [0.2, 0.25) is 0 Å². The summed E-state index contributed by atoms with van der Waals surface area (Å²) in [6.07, 6.45) is 0. The molecular weight excluding hydrogens is 299 g/mol. The molecule has 0 spiro atoms. The monoisotopic (exact) mass is 311 g/mol. The standard InChI is InChI=1S/C13H12N2O4S.FH/c1-10-5-7-13(8-6-10)20(18,19)14-11-3-2-4-12(9-11)15(16)17;/h2-9,14H,1H3;1H/p-1. The van der Waals surface area contributed by atoms with Crippen LogP contribution in [0, 0.1) is 17.0 Å². The van der Waals surface area contributed by atoms with Gasteiger partial charge in [0.25, 0.3) is 15.7 Å². The van der Waals surface area contributed by atoms with Crippen molar-refractivity contribution in [3.8, 4) is 0 Å². The van der Waals surface area contributed by atoms with E-state index in [2.05, 4.69) is 4.72 Å². The Morgan fingerprint density at radius 2 is 1.71 bits per heavy atom. The molecule has 0 aromatic heterocycles. The van der Waals surface area contributed by atoms with E-state index in [1.54, 1.807) is 12.1 Å². The zero-order chi connectivity index (χ0) is 14.8. The topological polar surface area (TPSA) is 89.3 Å². The van der Waals surface area contributed by atoms with Crippen LogP contribution in [0.1, 0.15) is 5.56 Å². The van der Waals surface area contributed by atoms with Crippen LogP contribution in [-0.2, 0) is 10.0 Å². The number of nitro groups is 1. The molecule has 2 aromatic rings. The van der Waals surface area contributed by atoms with E-state index < -0.39 is 14.9 Å². The van der Waals surface area contributed by atoms with Crippen molar-refractivity contribution >= 4 is 21.4 Å². The van der Waals surface area contributed by atoms with Crippen LogP contribution in [0.15, 0.2) is 53.4 Å². The van der Waals surface area contributed by atoms with Gasteiger partial charge in [-0.3, -0.25) is 14.8 Å². The number of aryl methyl sites for hydroxylation is 1. The summed E-state index contributed by atoms with van der Waals surface area (Å²) in [7, 11) is -3.75. The molecule has 0 unspecified atom stereocenters. The Morgan fingerprint density at radius 3 is 2.29 bits per heavy atom. The van der Waals surface area contributed by atoms with Crippen molar-refractivity contribution in [2.75, 3.05) is 4.72 Å². The predicted molar refractivity (Wildman–Crippen MR) is 75.1 cm³/mol. The number of anilines is 1. The Labute approximate surface area is 121 Å². The highest BCUT2D eigenvalue weighted by atomic mass is 32.2. The summed E-state index contributed by atoms with van der Waals surface area (Å²) in [6.45, 7) is 1.85. The van der Waals surface area contributed by atoms with E-state index in [9.17, 15) is 18.5 Å². The van der Waals surface area contributed by atoms with E-state index in [-0.39, 0.29) is 21.0 Å². The third-order valence-corrected chi connectivity index (χ3v) is 4.04. The molecule has 0 fully saturated rings. The summed E-state index contributed by atoms with van der Waals surface area (Å²) in [4.78, 5) is 10.2. The van der Waals surface area contributed by atoms with Crippen LogP contribution in [0.3, 0.4) is 0 Å². The first-order valence-corrected chi connectivity index (χ1v) is 7.21. The summed E-state index contributed by atoms with van der Waals surface area (Å²) in [5.41, 5.74) is 0.924. The van der Waals surface area contributed by atoms with Crippen molar-refractivity contribution in [3.05, 3.63) is 64.2 Å². The van der Waals surface area contributed by atoms with Crippen LogP contribution >= 0.6 is 0 Å². The first-order chi connectivity index (χ1) is 9.38. The second-order valence-electron chi connectivity index (χ2n) is 4.23. The Kier molecular flexibility index (Phi) is 4.98. The average molecular weight is 311 g/mol. The van der Waals surface area contributed by atoms with Crippen molar-refractivity contribution in [3.63, 3.8) is 0 Å². The van der Waals surface area contributed by atoms with Gasteiger partial charge in [-0.05, 0) is 25.1 Å². The molecule has 0 heterocycles.